The van der Waals surface area contributed by atoms with Crippen LogP contribution in [0.25, 0.3) is 0 Å². The van der Waals surface area contributed by atoms with Crippen molar-refractivity contribution in [1.29, 1.82) is 0 Å². The molecular formula is C14H28N2O. The van der Waals surface area contributed by atoms with Gasteiger partial charge >= 0.3 is 0 Å². The van der Waals surface area contributed by atoms with E-state index in [2.05, 4.69) is 27.7 Å². The summed E-state index contributed by atoms with van der Waals surface area (Å²) in [7, 11) is 0. The molecule has 1 rings (SSSR count). The summed E-state index contributed by atoms with van der Waals surface area (Å²) in [4.78, 5) is 14.0. The molecule has 1 atom stereocenters. The lowest BCUT2D eigenvalue weighted by Gasteiger charge is -2.39. The first-order valence-electron chi connectivity index (χ1n) is 6.90. The lowest BCUT2D eigenvalue weighted by molar-refractivity contribution is -0.134. The van der Waals surface area contributed by atoms with Crippen LogP contribution in [0.4, 0.5) is 0 Å². The minimum absolute atomic E-state index is 0.152. The van der Waals surface area contributed by atoms with Gasteiger partial charge in [0.15, 0.2) is 0 Å². The van der Waals surface area contributed by atoms with Crippen LogP contribution >= 0.6 is 0 Å². The van der Waals surface area contributed by atoms with E-state index in [0.29, 0.717) is 5.41 Å². The van der Waals surface area contributed by atoms with E-state index >= 15 is 0 Å². The Morgan fingerprint density at radius 2 is 1.88 bits per heavy atom. The van der Waals surface area contributed by atoms with E-state index in [9.17, 15) is 4.79 Å². The highest BCUT2D eigenvalue weighted by molar-refractivity contribution is 5.81. The number of hydrogen-bond acceptors (Lipinski definition) is 2. The van der Waals surface area contributed by atoms with Gasteiger partial charge in [-0.05, 0) is 30.6 Å². The summed E-state index contributed by atoms with van der Waals surface area (Å²) in [6.07, 6.45) is 4.02. The molecule has 3 nitrogen and oxygen atoms in total. The fourth-order valence-electron chi connectivity index (χ4n) is 2.63. The molecule has 1 heterocycles. The van der Waals surface area contributed by atoms with Crippen LogP contribution in [-0.4, -0.2) is 29.9 Å². The van der Waals surface area contributed by atoms with Crippen molar-refractivity contribution in [3.8, 4) is 0 Å². The quantitative estimate of drug-likeness (QED) is 0.823. The molecule has 0 aromatic carbocycles. The summed E-state index contributed by atoms with van der Waals surface area (Å²) in [5, 5.41) is 0. The Hall–Kier alpha value is -0.570. The Balaban J connectivity index is 2.44. The second-order valence-electron chi connectivity index (χ2n) is 6.36. The Morgan fingerprint density at radius 1 is 1.35 bits per heavy atom. The zero-order chi connectivity index (χ0) is 13.1. The van der Waals surface area contributed by atoms with Crippen LogP contribution in [0.2, 0.25) is 0 Å². The Labute approximate surface area is 106 Å². The van der Waals surface area contributed by atoms with Crippen LogP contribution in [0.1, 0.15) is 53.4 Å². The SMILES string of the molecule is CCC[C@H](N)C(=O)N1CCC(C(C)(C)C)CC1. The number of nitrogens with two attached hydrogens (primary N) is 1. The average molecular weight is 240 g/mol. The fraction of sp³-hybridized carbons (Fsp3) is 0.929. The zero-order valence-corrected chi connectivity index (χ0v) is 11.8. The lowest BCUT2D eigenvalue weighted by Crippen LogP contribution is -2.48. The first-order chi connectivity index (χ1) is 7.86. The molecule has 1 aliphatic heterocycles. The van der Waals surface area contributed by atoms with Crippen LogP contribution in [0, 0.1) is 11.3 Å². The van der Waals surface area contributed by atoms with Gasteiger partial charge in [0.25, 0.3) is 0 Å². The number of likely N-dealkylation sites (tertiary alicyclic amines) is 1. The Bertz CT molecular complexity index is 249. The van der Waals surface area contributed by atoms with Crippen LogP contribution in [0.3, 0.4) is 0 Å². The predicted molar refractivity (Wildman–Crippen MR) is 71.6 cm³/mol. The van der Waals surface area contributed by atoms with Crippen molar-refractivity contribution in [1.82, 2.24) is 4.90 Å². The van der Waals surface area contributed by atoms with Crippen molar-refractivity contribution in [3.05, 3.63) is 0 Å². The maximum Gasteiger partial charge on any atom is 0.239 e. The van der Waals surface area contributed by atoms with Gasteiger partial charge < -0.3 is 10.6 Å². The molecule has 0 saturated carbocycles. The first-order valence-corrected chi connectivity index (χ1v) is 6.90. The van der Waals surface area contributed by atoms with Gasteiger partial charge in [0.1, 0.15) is 0 Å². The Kier molecular flexibility index (Phi) is 4.99. The van der Waals surface area contributed by atoms with Crippen molar-refractivity contribution in [2.75, 3.05) is 13.1 Å². The van der Waals surface area contributed by atoms with E-state index in [1.165, 1.54) is 0 Å². The predicted octanol–water partition coefficient (Wildman–Crippen LogP) is 2.40. The average Bonchev–Trinajstić information content (AvgIpc) is 2.27. The largest absolute Gasteiger partial charge is 0.341 e. The van der Waals surface area contributed by atoms with E-state index < -0.39 is 0 Å². The molecular weight excluding hydrogens is 212 g/mol. The van der Waals surface area contributed by atoms with E-state index in [-0.39, 0.29) is 11.9 Å². The molecule has 3 heteroatoms. The highest BCUT2D eigenvalue weighted by atomic mass is 16.2. The Morgan fingerprint density at radius 3 is 2.29 bits per heavy atom. The van der Waals surface area contributed by atoms with Gasteiger partial charge in [-0.1, -0.05) is 34.1 Å². The summed E-state index contributed by atoms with van der Waals surface area (Å²) in [5.41, 5.74) is 6.25. The van der Waals surface area contributed by atoms with E-state index in [1.807, 2.05) is 4.90 Å². The van der Waals surface area contributed by atoms with Crippen LogP contribution < -0.4 is 5.73 Å². The van der Waals surface area contributed by atoms with Crippen molar-refractivity contribution in [3.63, 3.8) is 0 Å². The smallest absolute Gasteiger partial charge is 0.239 e. The molecule has 2 N–H and O–H groups in total. The van der Waals surface area contributed by atoms with Gasteiger partial charge in [-0.25, -0.2) is 0 Å². The minimum Gasteiger partial charge on any atom is -0.341 e. The number of carbonyl (C=O) groups is 1. The molecule has 1 saturated heterocycles. The molecule has 1 amide bonds. The van der Waals surface area contributed by atoms with Crippen molar-refractivity contribution >= 4 is 5.91 Å². The third kappa shape index (κ3) is 3.98. The van der Waals surface area contributed by atoms with Crippen molar-refractivity contribution in [2.45, 2.75) is 59.4 Å². The van der Waals surface area contributed by atoms with Gasteiger partial charge in [-0.2, -0.15) is 0 Å². The molecule has 1 aliphatic rings. The standard InChI is InChI=1S/C14H28N2O/c1-5-6-12(15)13(17)16-9-7-11(8-10-16)14(2,3)4/h11-12H,5-10,15H2,1-4H3/t12-/m0/s1. The van der Waals surface area contributed by atoms with Gasteiger partial charge in [0.2, 0.25) is 5.91 Å². The summed E-state index contributed by atoms with van der Waals surface area (Å²) in [6, 6.07) is -0.286. The second kappa shape index (κ2) is 5.85. The van der Waals surface area contributed by atoms with Crippen molar-refractivity contribution in [2.24, 2.45) is 17.1 Å². The molecule has 1 fully saturated rings. The van der Waals surface area contributed by atoms with E-state index in [0.717, 1.165) is 44.7 Å². The summed E-state index contributed by atoms with van der Waals surface area (Å²) in [6.45, 7) is 10.7. The van der Waals surface area contributed by atoms with Gasteiger partial charge in [0, 0.05) is 13.1 Å². The number of piperidine rings is 1. The molecule has 0 bridgehead atoms. The molecule has 100 valence electrons. The number of hydrogen-bond donors (Lipinski definition) is 1. The van der Waals surface area contributed by atoms with Crippen LogP contribution in [0.5, 0.6) is 0 Å². The van der Waals surface area contributed by atoms with Crippen molar-refractivity contribution < 1.29 is 4.79 Å². The number of nitrogens with zero attached hydrogens (tertiary/aromatic N) is 1. The summed E-state index contributed by atoms with van der Waals surface area (Å²) in [5.74, 6) is 0.883. The minimum atomic E-state index is -0.286. The topological polar surface area (TPSA) is 46.3 Å². The number of rotatable bonds is 3. The van der Waals surface area contributed by atoms with Crippen LogP contribution in [0.15, 0.2) is 0 Å². The third-order valence-electron chi connectivity index (χ3n) is 3.95. The molecule has 0 spiro atoms. The molecule has 0 aromatic heterocycles. The normalized spacial score (nSPS) is 20.4. The molecule has 0 aromatic rings. The number of carbonyl (C=O) groups excluding carboxylic acids is 1. The van der Waals surface area contributed by atoms with E-state index in [4.69, 9.17) is 5.73 Å². The summed E-state index contributed by atoms with van der Waals surface area (Å²) >= 11 is 0. The lowest BCUT2D eigenvalue weighted by atomic mass is 9.75. The highest BCUT2D eigenvalue weighted by Gasteiger charge is 2.31. The zero-order valence-electron chi connectivity index (χ0n) is 11.8. The number of amides is 1. The maximum absolute atomic E-state index is 12.0. The first kappa shape index (κ1) is 14.5. The van der Waals surface area contributed by atoms with Gasteiger partial charge in [-0.3, -0.25) is 4.79 Å². The fourth-order valence-corrected chi connectivity index (χ4v) is 2.63. The third-order valence-corrected chi connectivity index (χ3v) is 3.95. The summed E-state index contributed by atoms with van der Waals surface area (Å²) < 4.78 is 0. The molecule has 0 radical (unpaired) electrons. The van der Waals surface area contributed by atoms with Gasteiger partial charge in [-0.15, -0.1) is 0 Å². The monoisotopic (exact) mass is 240 g/mol. The highest BCUT2D eigenvalue weighted by Crippen LogP contribution is 2.34. The second-order valence-corrected chi connectivity index (χ2v) is 6.36. The maximum atomic E-state index is 12.0. The molecule has 0 aliphatic carbocycles. The molecule has 0 unspecified atom stereocenters. The molecule has 17 heavy (non-hydrogen) atoms. The van der Waals surface area contributed by atoms with E-state index in [1.54, 1.807) is 0 Å². The van der Waals surface area contributed by atoms with Crippen LogP contribution in [-0.2, 0) is 4.79 Å². The van der Waals surface area contributed by atoms with Gasteiger partial charge in [0.05, 0.1) is 6.04 Å².